The molecule has 0 unspecified atom stereocenters. The second kappa shape index (κ2) is 7.45. The van der Waals surface area contributed by atoms with Crippen LogP contribution < -0.4 is 11.1 Å². The van der Waals surface area contributed by atoms with Crippen LogP contribution in [0.3, 0.4) is 0 Å². The monoisotopic (exact) mass is 302 g/mol. The minimum Gasteiger partial charge on any atom is -0.379 e. The number of nitrogens with one attached hydrogen (secondary N) is 1. The summed E-state index contributed by atoms with van der Waals surface area (Å²) in [7, 11) is 0. The van der Waals surface area contributed by atoms with E-state index in [1.54, 1.807) is 6.20 Å². The van der Waals surface area contributed by atoms with E-state index in [0.29, 0.717) is 6.10 Å². The second-order valence-electron chi connectivity index (χ2n) is 3.98. The molecule has 0 aliphatic rings. The average Bonchev–Trinajstić information content (AvgIpc) is 2.27. The Kier molecular flexibility index (Phi) is 6.21. The molecule has 0 aliphatic heterocycles. The predicted octanol–water partition coefficient (Wildman–Crippen LogP) is 2.44. The van der Waals surface area contributed by atoms with Crippen LogP contribution in [0.15, 0.2) is 10.7 Å². The van der Waals surface area contributed by atoms with Gasteiger partial charge in [0.2, 0.25) is 5.95 Å². The van der Waals surface area contributed by atoms with Gasteiger partial charge in [-0.15, -0.1) is 0 Å². The molecule has 1 aromatic rings. The maximum Gasteiger partial charge on any atom is 0.221 e. The van der Waals surface area contributed by atoms with Crippen molar-refractivity contribution in [1.82, 2.24) is 9.97 Å². The van der Waals surface area contributed by atoms with Crippen molar-refractivity contribution < 1.29 is 4.74 Å². The third kappa shape index (κ3) is 5.83. The minimum atomic E-state index is 0.277. The molecule has 1 aromatic heterocycles. The molecule has 0 amide bonds. The highest BCUT2D eigenvalue weighted by molar-refractivity contribution is 9.10. The fourth-order valence-electron chi connectivity index (χ4n) is 1.26. The number of rotatable bonds is 7. The van der Waals surface area contributed by atoms with E-state index >= 15 is 0 Å². The fourth-order valence-corrected chi connectivity index (χ4v) is 1.59. The summed E-state index contributed by atoms with van der Waals surface area (Å²) < 4.78 is 6.28. The van der Waals surface area contributed by atoms with Crippen LogP contribution in [0, 0.1) is 0 Å². The van der Waals surface area contributed by atoms with Gasteiger partial charge in [-0.2, -0.15) is 4.98 Å². The highest BCUT2D eigenvalue weighted by Gasteiger charge is 2.02. The SMILES string of the molecule is CC(C)OCCCCNc1nc(N)ncc1Br. The summed E-state index contributed by atoms with van der Waals surface area (Å²) in [5, 5.41) is 3.21. The number of hydrogen-bond donors (Lipinski definition) is 2. The van der Waals surface area contributed by atoms with Crippen molar-refractivity contribution in [2.24, 2.45) is 0 Å². The Balaban J connectivity index is 2.20. The van der Waals surface area contributed by atoms with Crippen molar-refractivity contribution in [1.29, 1.82) is 0 Å². The second-order valence-corrected chi connectivity index (χ2v) is 4.83. The Morgan fingerprint density at radius 2 is 2.24 bits per heavy atom. The number of nitrogen functional groups attached to an aromatic ring is 1. The molecule has 5 nitrogen and oxygen atoms in total. The largest absolute Gasteiger partial charge is 0.379 e. The molecule has 0 aliphatic carbocycles. The van der Waals surface area contributed by atoms with Crippen LogP contribution in [0.25, 0.3) is 0 Å². The van der Waals surface area contributed by atoms with E-state index in [0.717, 1.165) is 36.3 Å². The van der Waals surface area contributed by atoms with Crippen molar-refractivity contribution in [2.45, 2.75) is 32.8 Å². The maximum absolute atomic E-state index is 5.51. The van der Waals surface area contributed by atoms with Crippen molar-refractivity contribution in [3.63, 3.8) is 0 Å². The average molecular weight is 303 g/mol. The normalized spacial score (nSPS) is 10.8. The summed E-state index contributed by atoms with van der Waals surface area (Å²) in [5.41, 5.74) is 5.51. The summed E-state index contributed by atoms with van der Waals surface area (Å²) in [5.74, 6) is 1.01. The van der Waals surface area contributed by atoms with Crippen LogP contribution in [0.4, 0.5) is 11.8 Å². The third-order valence-corrected chi connectivity index (χ3v) is 2.66. The van der Waals surface area contributed by atoms with Crippen LogP contribution >= 0.6 is 15.9 Å². The van der Waals surface area contributed by atoms with Crippen molar-refractivity contribution in [3.8, 4) is 0 Å². The van der Waals surface area contributed by atoms with Gasteiger partial charge >= 0.3 is 0 Å². The van der Waals surface area contributed by atoms with Crippen molar-refractivity contribution in [3.05, 3.63) is 10.7 Å². The van der Waals surface area contributed by atoms with E-state index < -0.39 is 0 Å². The molecule has 0 atom stereocenters. The first-order valence-electron chi connectivity index (χ1n) is 5.73. The van der Waals surface area contributed by atoms with Gasteiger partial charge in [0.25, 0.3) is 0 Å². The van der Waals surface area contributed by atoms with Crippen LogP contribution in [0.2, 0.25) is 0 Å². The van der Waals surface area contributed by atoms with Gasteiger partial charge in [-0.1, -0.05) is 0 Å². The van der Waals surface area contributed by atoms with Crippen LogP contribution in [0.1, 0.15) is 26.7 Å². The Hall–Kier alpha value is -0.880. The fraction of sp³-hybridized carbons (Fsp3) is 0.636. The Morgan fingerprint density at radius 1 is 1.47 bits per heavy atom. The summed E-state index contributed by atoms with van der Waals surface area (Å²) in [4.78, 5) is 7.97. The number of nitrogens with two attached hydrogens (primary N) is 1. The molecule has 1 rings (SSSR count). The van der Waals surface area contributed by atoms with Gasteiger partial charge in [-0.05, 0) is 42.6 Å². The summed E-state index contributed by atoms with van der Waals surface area (Å²) in [6.45, 7) is 5.72. The molecule has 1 heterocycles. The zero-order chi connectivity index (χ0) is 12.7. The zero-order valence-electron chi connectivity index (χ0n) is 10.2. The lowest BCUT2D eigenvalue weighted by Crippen LogP contribution is -2.09. The molecule has 0 saturated heterocycles. The first-order chi connectivity index (χ1) is 8.09. The standard InChI is InChI=1S/C11H19BrN4O/c1-8(2)17-6-4-3-5-14-10-9(12)7-15-11(13)16-10/h7-8H,3-6H2,1-2H3,(H3,13,14,15,16). The van der Waals surface area contributed by atoms with E-state index in [4.69, 9.17) is 10.5 Å². The zero-order valence-corrected chi connectivity index (χ0v) is 11.8. The van der Waals surface area contributed by atoms with E-state index in [1.807, 2.05) is 13.8 Å². The summed E-state index contributed by atoms with van der Waals surface area (Å²) in [6.07, 6.45) is 4.01. The summed E-state index contributed by atoms with van der Waals surface area (Å²) in [6, 6.07) is 0. The highest BCUT2D eigenvalue weighted by atomic mass is 79.9. The molecule has 0 spiro atoms. The van der Waals surface area contributed by atoms with E-state index in [1.165, 1.54) is 0 Å². The van der Waals surface area contributed by atoms with Gasteiger partial charge in [0.15, 0.2) is 0 Å². The number of hydrogen-bond acceptors (Lipinski definition) is 5. The maximum atomic E-state index is 5.51. The molecule has 0 saturated carbocycles. The number of anilines is 2. The number of aromatic nitrogens is 2. The molecule has 0 radical (unpaired) electrons. The quantitative estimate of drug-likeness (QED) is 0.757. The lowest BCUT2D eigenvalue weighted by molar-refractivity contribution is 0.0765. The van der Waals surface area contributed by atoms with Crippen molar-refractivity contribution in [2.75, 3.05) is 24.2 Å². The molecular formula is C11H19BrN4O. The first kappa shape index (κ1) is 14.2. The highest BCUT2D eigenvalue weighted by Crippen LogP contribution is 2.18. The van der Waals surface area contributed by atoms with Gasteiger partial charge in [-0.3, -0.25) is 0 Å². The van der Waals surface area contributed by atoms with E-state index in [2.05, 4.69) is 31.2 Å². The van der Waals surface area contributed by atoms with E-state index in [-0.39, 0.29) is 5.95 Å². The van der Waals surface area contributed by atoms with Gasteiger partial charge < -0.3 is 15.8 Å². The molecule has 6 heteroatoms. The Morgan fingerprint density at radius 3 is 2.94 bits per heavy atom. The van der Waals surface area contributed by atoms with Gasteiger partial charge in [-0.25, -0.2) is 4.98 Å². The Bertz CT molecular complexity index is 346. The van der Waals surface area contributed by atoms with Crippen LogP contribution in [-0.2, 0) is 4.74 Å². The first-order valence-corrected chi connectivity index (χ1v) is 6.52. The number of ether oxygens (including phenoxy) is 1. The smallest absolute Gasteiger partial charge is 0.221 e. The molecule has 0 fully saturated rings. The predicted molar refractivity (Wildman–Crippen MR) is 73.0 cm³/mol. The molecule has 96 valence electrons. The minimum absolute atomic E-state index is 0.277. The molecular weight excluding hydrogens is 284 g/mol. The molecule has 0 aromatic carbocycles. The number of nitrogens with zero attached hydrogens (tertiary/aromatic N) is 2. The van der Waals surface area contributed by atoms with Crippen LogP contribution in [0.5, 0.6) is 0 Å². The number of halogens is 1. The van der Waals surface area contributed by atoms with Gasteiger partial charge in [0.05, 0.1) is 10.6 Å². The lowest BCUT2D eigenvalue weighted by atomic mass is 10.3. The molecule has 3 N–H and O–H groups in total. The molecule has 17 heavy (non-hydrogen) atoms. The van der Waals surface area contributed by atoms with Crippen molar-refractivity contribution >= 4 is 27.7 Å². The molecule has 0 bridgehead atoms. The third-order valence-electron chi connectivity index (χ3n) is 2.08. The number of unbranched alkanes of at least 4 members (excludes halogenated alkanes) is 1. The lowest BCUT2D eigenvalue weighted by Gasteiger charge is -2.09. The topological polar surface area (TPSA) is 73.1 Å². The summed E-state index contributed by atoms with van der Waals surface area (Å²) >= 11 is 3.36. The van der Waals surface area contributed by atoms with Crippen LogP contribution in [-0.4, -0.2) is 29.2 Å². The van der Waals surface area contributed by atoms with Gasteiger partial charge in [0, 0.05) is 19.3 Å². The van der Waals surface area contributed by atoms with E-state index in [9.17, 15) is 0 Å². The van der Waals surface area contributed by atoms with Gasteiger partial charge in [0.1, 0.15) is 5.82 Å². The Labute approximate surface area is 110 Å².